The van der Waals surface area contributed by atoms with Gasteiger partial charge in [0.25, 0.3) is 0 Å². The summed E-state index contributed by atoms with van der Waals surface area (Å²) in [5.74, 6) is 1.27. The summed E-state index contributed by atoms with van der Waals surface area (Å²) < 4.78 is 15.2. The zero-order chi connectivity index (χ0) is 15.1. The Kier molecular flexibility index (Phi) is 5.40. The highest BCUT2D eigenvalue weighted by molar-refractivity contribution is 5.76. The van der Waals surface area contributed by atoms with Gasteiger partial charge in [0.2, 0.25) is 0 Å². The fraction of sp³-hybridized carbons (Fsp3) is 0.312. The van der Waals surface area contributed by atoms with E-state index in [0.717, 1.165) is 17.1 Å². The number of hydrogen-bond donors (Lipinski definition) is 1. The van der Waals surface area contributed by atoms with Crippen LogP contribution in [0.5, 0.6) is 5.75 Å². The molecular formula is C16H19NO4. The molecule has 0 aliphatic rings. The van der Waals surface area contributed by atoms with Gasteiger partial charge >= 0.3 is 5.97 Å². The van der Waals surface area contributed by atoms with Gasteiger partial charge in [0.05, 0.1) is 27.0 Å². The molecule has 2 rings (SSSR count). The summed E-state index contributed by atoms with van der Waals surface area (Å²) in [5.41, 5.74) is 1.03. The molecule has 1 atom stereocenters. The van der Waals surface area contributed by atoms with E-state index in [1.807, 2.05) is 36.4 Å². The normalized spacial score (nSPS) is 11.9. The maximum Gasteiger partial charge on any atom is 0.323 e. The minimum atomic E-state index is -0.423. The molecular weight excluding hydrogens is 270 g/mol. The van der Waals surface area contributed by atoms with Crippen LogP contribution in [0.1, 0.15) is 11.3 Å². The lowest BCUT2D eigenvalue weighted by Crippen LogP contribution is -2.38. The van der Waals surface area contributed by atoms with Gasteiger partial charge in [0, 0.05) is 0 Å². The predicted molar refractivity (Wildman–Crippen MR) is 78.0 cm³/mol. The van der Waals surface area contributed by atoms with Gasteiger partial charge in [0.1, 0.15) is 17.6 Å². The van der Waals surface area contributed by atoms with E-state index >= 15 is 0 Å². The van der Waals surface area contributed by atoms with Crippen molar-refractivity contribution in [2.24, 2.45) is 0 Å². The van der Waals surface area contributed by atoms with Crippen molar-refractivity contribution >= 4 is 5.97 Å². The molecule has 0 radical (unpaired) electrons. The monoisotopic (exact) mass is 289 g/mol. The second-order valence-corrected chi connectivity index (χ2v) is 4.59. The molecule has 1 N–H and O–H groups in total. The van der Waals surface area contributed by atoms with Crippen LogP contribution in [0.25, 0.3) is 0 Å². The van der Waals surface area contributed by atoms with Gasteiger partial charge in [-0.05, 0) is 36.2 Å². The molecule has 0 bridgehead atoms. The molecule has 1 aromatic heterocycles. The molecule has 5 heteroatoms. The van der Waals surface area contributed by atoms with Crippen LogP contribution in [0.4, 0.5) is 0 Å². The van der Waals surface area contributed by atoms with Crippen molar-refractivity contribution in [2.75, 3.05) is 14.2 Å². The predicted octanol–water partition coefficient (Wildman–Crippen LogP) is 2.16. The molecule has 2 aromatic rings. The van der Waals surface area contributed by atoms with Crippen molar-refractivity contribution in [1.29, 1.82) is 0 Å². The largest absolute Gasteiger partial charge is 0.497 e. The number of benzene rings is 1. The highest BCUT2D eigenvalue weighted by Gasteiger charge is 2.19. The number of methoxy groups -OCH3 is 2. The molecule has 1 aromatic carbocycles. The van der Waals surface area contributed by atoms with Crippen LogP contribution >= 0.6 is 0 Å². The number of esters is 1. The van der Waals surface area contributed by atoms with Crippen LogP contribution in [0.15, 0.2) is 47.1 Å². The average Bonchev–Trinajstić information content (AvgIpc) is 3.04. The molecule has 5 nitrogen and oxygen atoms in total. The van der Waals surface area contributed by atoms with Crippen LogP contribution in [0, 0.1) is 0 Å². The maximum absolute atomic E-state index is 11.9. The molecule has 0 spiro atoms. The third kappa shape index (κ3) is 4.36. The molecule has 0 aliphatic carbocycles. The van der Waals surface area contributed by atoms with Crippen LogP contribution in [-0.2, 0) is 22.5 Å². The quantitative estimate of drug-likeness (QED) is 0.791. The molecule has 0 aliphatic heterocycles. The Hall–Kier alpha value is -2.27. The highest BCUT2D eigenvalue weighted by Crippen LogP contribution is 2.13. The van der Waals surface area contributed by atoms with Gasteiger partial charge in [0.15, 0.2) is 0 Å². The Morgan fingerprint density at radius 3 is 2.57 bits per heavy atom. The summed E-state index contributed by atoms with van der Waals surface area (Å²) in [6, 6.07) is 10.9. The third-order valence-electron chi connectivity index (χ3n) is 3.19. The fourth-order valence-corrected chi connectivity index (χ4v) is 2.02. The van der Waals surface area contributed by atoms with Gasteiger partial charge in [-0.15, -0.1) is 0 Å². The van der Waals surface area contributed by atoms with E-state index in [-0.39, 0.29) is 5.97 Å². The second-order valence-electron chi connectivity index (χ2n) is 4.59. The topological polar surface area (TPSA) is 60.7 Å². The fourth-order valence-electron chi connectivity index (χ4n) is 2.02. The van der Waals surface area contributed by atoms with E-state index in [4.69, 9.17) is 13.9 Å². The summed E-state index contributed by atoms with van der Waals surface area (Å²) in [6.07, 6.45) is 2.14. The SMILES string of the molecule is COC(=O)[C@@H](Cc1ccc(OC)cc1)NCc1ccco1. The summed E-state index contributed by atoms with van der Waals surface area (Å²) >= 11 is 0. The molecule has 0 unspecified atom stereocenters. The van der Waals surface area contributed by atoms with E-state index in [9.17, 15) is 4.79 Å². The summed E-state index contributed by atoms with van der Waals surface area (Å²) in [7, 11) is 3.01. The Balaban J connectivity index is 1.99. The first kappa shape index (κ1) is 15.1. The number of carbonyl (C=O) groups excluding carboxylic acids is 1. The van der Waals surface area contributed by atoms with E-state index < -0.39 is 6.04 Å². The molecule has 0 saturated heterocycles. The standard InChI is InChI=1S/C16H19NO4/c1-19-13-7-5-12(6-8-13)10-15(16(18)20-2)17-11-14-4-3-9-21-14/h3-9,15,17H,10-11H2,1-2H3/t15-/m1/s1. The van der Waals surface area contributed by atoms with Crippen molar-refractivity contribution in [3.8, 4) is 5.75 Å². The molecule has 1 heterocycles. The number of hydrogen-bond acceptors (Lipinski definition) is 5. The van der Waals surface area contributed by atoms with Crippen LogP contribution < -0.4 is 10.1 Å². The van der Waals surface area contributed by atoms with Crippen molar-refractivity contribution < 1.29 is 18.7 Å². The zero-order valence-electron chi connectivity index (χ0n) is 12.2. The zero-order valence-corrected chi connectivity index (χ0v) is 12.2. The summed E-state index contributed by atoms with van der Waals surface area (Å²) in [5, 5.41) is 3.15. The lowest BCUT2D eigenvalue weighted by atomic mass is 10.1. The van der Waals surface area contributed by atoms with Crippen LogP contribution in [0.3, 0.4) is 0 Å². The number of nitrogens with one attached hydrogen (secondary N) is 1. The van der Waals surface area contributed by atoms with Crippen LogP contribution in [0.2, 0.25) is 0 Å². The minimum absolute atomic E-state index is 0.294. The number of ether oxygens (including phenoxy) is 2. The first-order valence-corrected chi connectivity index (χ1v) is 6.69. The van der Waals surface area contributed by atoms with Gasteiger partial charge < -0.3 is 13.9 Å². The lowest BCUT2D eigenvalue weighted by Gasteiger charge is -2.16. The van der Waals surface area contributed by atoms with Crippen molar-refractivity contribution in [1.82, 2.24) is 5.32 Å². The third-order valence-corrected chi connectivity index (χ3v) is 3.19. The lowest BCUT2D eigenvalue weighted by molar-refractivity contribution is -0.143. The van der Waals surface area contributed by atoms with E-state index in [1.165, 1.54) is 7.11 Å². The van der Waals surface area contributed by atoms with E-state index in [0.29, 0.717) is 13.0 Å². The molecule has 21 heavy (non-hydrogen) atoms. The Morgan fingerprint density at radius 2 is 2.00 bits per heavy atom. The van der Waals surface area contributed by atoms with Gasteiger partial charge in [-0.1, -0.05) is 12.1 Å². The van der Waals surface area contributed by atoms with Crippen molar-refractivity contribution in [2.45, 2.75) is 19.0 Å². The van der Waals surface area contributed by atoms with Crippen LogP contribution in [-0.4, -0.2) is 26.2 Å². The summed E-state index contributed by atoms with van der Waals surface area (Å²) in [6.45, 7) is 0.475. The average molecular weight is 289 g/mol. The number of rotatable bonds is 7. The number of furan rings is 1. The van der Waals surface area contributed by atoms with E-state index in [2.05, 4.69) is 5.32 Å². The van der Waals surface area contributed by atoms with Crippen molar-refractivity contribution in [3.63, 3.8) is 0 Å². The Morgan fingerprint density at radius 1 is 1.24 bits per heavy atom. The van der Waals surface area contributed by atoms with Gasteiger partial charge in [-0.3, -0.25) is 10.1 Å². The summed E-state index contributed by atoms with van der Waals surface area (Å²) in [4.78, 5) is 11.9. The first-order valence-electron chi connectivity index (χ1n) is 6.69. The maximum atomic E-state index is 11.9. The molecule has 112 valence electrons. The first-order chi connectivity index (χ1) is 10.2. The highest BCUT2D eigenvalue weighted by atomic mass is 16.5. The molecule has 0 amide bonds. The van der Waals surface area contributed by atoms with E-state index in [1.54, 1.807) is 13.4 Å². The smallest absolute Gasteiger partial charge is 0.323 e. The molecule has 0 fully saturated rings. The Bertz CT molecular complexity index is 548. The van der Waals surface area contributed by atoms with Gasteiger partial charge in [-0.2, -0.15) is 0 Å². The second kappa shape index (κ2) is 7.50. The number of carbonyl (C=O) groups is 1. The minimum Gasteiger partial charge on any atom is -0.497 e. The molecule has 0 saturated carbocycles. The van der Waals surface area contributed by atoms with Crippen molar-refractivity contribution in [3.05, 3.63) is 54.0 Å². The Labute approximate surface area is 123 Å². The van der Waals surface area contributed by atoms with Gasteiger partial charge in [-0.25, -0.2) is 0 Å².